The van der Waals surface area contributed by atoms with Crippen molar-refractivity contribution in [2.45, 2.75) is 5.33 Å². The van der Waals surface area contributed by atoms with E-state index in [1.807, 2.05) is 0 Å². The lowest BCUT2D eigenvalue weighted by Crippen LogP contribution is -1.98. The van der Waals surface area contributed by atoms with E-state index in [0.717, 1.165) is 12.1 Å². The normalized spacial score (nSPS) is 10.3. The molecule has 2 aromatic rings. The molecular weight excluding hydrogens is 336 g/mol. The van der Waals surface area contributed by atoms with Crippen LogP contribution in [0.2, 0.25) is 0 Å². The van der Waals surface area contributed by atoms with E-state index in [2.05, 4.69) is 15.9 Å². The Hall–Kier alpha value is -2.02. The maximum atomic E-state index is 13.7. The second-order valence-electron chi connectivity index (χ2n) is 3.80. The zero-order chi connectivity index (χ0) is 14.7. The van der Waals surface area contributed by atoms with Gasteiger partial charge in [0, 0.05) is 17.0 Å². The first-order chi connectivity index (χ1) is 9.54. The van der Waals surface area contributed by atoms with E-state index in [9.17, 15) is 18.9 Å². The van der Waals surface area contributed by atoms with Crippen LogP contribution in [-0.4, -0.2) is 4.92 Å². The number of benzene rings is 2. The number of rotatable bonds is 4. The van der Waals surface area contributed by atoms with Crippen molar-refractivity contribution in [3.63, 3.8) is 0 Å². The van der Waals surface area contributed by atoms with Gasteiger partial charge in [-0.15, -0.1) is 0 Å². The summed E-state index contributed by atoms with van der Waals surface area (Å²) in [6.45, 7) is 0. The SMILES string of the molecule is O=[N+]([O-])c1cccc(F)c1Oc1cccc(F)c1CBr. The summed E-state index contributed by atoms with van der Waals surface area (Å²) in [5, 5.41) is 11.0. The van der Waals surface area contributed by atoms with Gasteiger partial charge < -0.3 is 4.74 Å². The van der Waals surface area contributed by atoms with Crippen molar-refractivity contribution in [2.24, 2.45) is 0 Å². The first-order valence-corrected chi connectivity index (χ1v) is 6.61. The highest BCUT2D eigenvalue weighted by atomic mass is 79.9. The van der Waals surface area contributed by atoms with E-state index in [1.165, 1.54) is 24.3 Å². The van der Waals surface area contributed by atoms with Crippen molar-refractivity contribution < 1.29 is 18.4 Å². The molecule has 0 aliphatic rings. The van der Waals surface area contributed by atoms with Crippen LogP contribution in [-0.2, 0) is 5.33 Å². The Balaban J connectivity index is 2.50. The average Bonchev–Trinajstić information content (AvgIpc) is 2.41. The summed E-state index contributed by atoms with van der Waals surface area (Å²) in [7, 11) is 0. The fourth-order valence-electron chi connectivity index (χ4n) is 1.62. The molecule has 0 aliphatic carbocycles. The molecule has 0 radical (unpaired) electrons. The molecule has 104 valence electrons. The number of para-hydroxylation sites is 1. The highest BCUT2D eigenvalue weighted by molar-refractivity contribution is 9.08. The number of nitro groups is 1. The van der Waals surface area contributed by atoms with E-state index in [0.29, 0.717) is 0 Å². The summed E-state index contributed by atoms with van der Waals surface area (Å²) in [6, 6.07) is 7.37. The van der Waals surface area contributed by atoms with Gasteiger partial charge in [-0.05, 0) is 18.2 Å². The van der Waals surface area contributed by atoms with E-state index in [-0.39, 0.29) is 16.6 Å². The van der Waals surface area contributed by atoms with Gasteiger partial charge in [-0.2, -0.15) is 0 Å². The molecule has 2 rings (SSSR count). The van der Waals surface area contributed by atoms with Crippen molar-refractivity contribution in [2.75, 3.05) is 0 Å². The van der Waals surface area contributed by atoms with E-state index < -0.39 is 28.0 Å². The fraction of sp³-hybridized carbons (Fsp3) is 0.0769. The number of nitrogens with zero attached hydrogens (tertiary/aromatic N) is 1. The topological polar surface area (TPSA) is 52.4 Å². The monoisotopic (exact) mass is 343 g/mol. The minimum Gasteiger partial charge on any atom is -0.447 e. The van der Waals surface area contributed by atoms with Gasteiger partial charge in [-0.25, -0.2) is 8.78 Å². The predicted molar refractivity (Wildman–Crippen MR) is 72.2 cm³/mol. The highest BCUT2D eigenvalue weighted by Crippen LogP contribution is 2.36. The smallest absolute Gasteiger partial charge is 0.314 e. The number of halogens is 3. The summed E-state index contributed by atoms with van der Waals surface area (Å²) >= 11 is 3.09. The average molecular weight is 344 g/mol. The van der Waals surface area contributed by atoms with Crippen LogP contribution in [0.4, 0.5) is 14.5 Å². The molecule has 0 saturated heterocycles. The minimum absolute atomic E-state index is 0.0232. The van der Waals surface area contributed by atoms with Crippen molar-refractivity contribution in [3.8, 4) is 11.5 Å². The third kappa shape index (κ3) is 2.77. The number of ether oxygens (including phenoxy) is 1. The Morgan fingerprint density at radius 3 is 2.45 bits per heavy atom. The maximum Gasteiger partial charge on any atom is 0.314 e. The van der Waals surface area contributed by atoms with Gasteiger partial charge in [0.25, 0.3) is 0 Å². The lowest BCUT2D eigenvalue weighted by atomic mass is 10.2. The van der Waals surface area contributed by atoms with E-state index in [1.54, 1.807) is 0 Å². The zero-order valence-corrected chi connectivity index (χ0v) is 11.6. The summed E-state index contributed by atoms with van der Waals surface area (Å²) in [5.74, 6) is -1.94. The van der Waals surface area contributed by atoms with Crippen LogP contribution < -0.4 is 4.74 Å². The molecular formula is C13H8BrF2NO3. The van der Waals surface area contributed by atoms with Gasteiger partial charge in [0.2, 0.25) is 5.75 Å². The Bertz CT molecular complexity index is 664. The Labute approximate surface area is 121 Å². The lowest BCUT2D eigenvalue weighted by Gasteiger charge is -2.11. The molecule has 20 heavy (non-hydrogen) atoms. The molecule has 0 saturated carbocycles. The van der Waals surface area contributed by atoms with Crippen molar-refractivity contribution >= 4 is 21.6 Å². The van der Waals surface area contributed by atoms with Gasteiger partial charge in [0.05, 0.1) is 4.92 Å². The van der Waals surface area contributed by atoms with E-state index in [4.69, 9.17) is 4.74 Å². The molecule has 0 heterocycles. The minimum atomic E-state index is -0.885. The highest BCUT2D eigenvalue weighted by Gasteiger charge is 2.21. The molecule has 0 aromatic heterocycles. The Morgan fingerprint density at radius 1 is 1.15 bits per heavy atom. The van der Waals surface area contributed by atoms with Crippen molar-refractivity contribution in [3.05, 3.63) is 63.7 Å². The summed E-state index contributed by atoms with van der Waals surface area (Å²) < 4.78 is 32.5. The van der Waals surface area contributed by atoms with Gasteiger partial charge >= 0.3 is 5.69 Å². The third-order valence-electron chi connectivity index (χ3n) is 2.56. The van der Waals surface area contributed by atoms with Crippen LogP contribution >= 0.6 is 15.9 Å². The van der Waals surface area contributed by atoms with Gasteiger partial charge in [0.1, 0.15) is 11.6 Å². The summed E-state index contributed by atoms with van der Waals surface area (Å²) in [4.78, 5) is 10.1. The second-order valence-corrected chi connectivity index (χ2v) is 4.36. The molecule has 0 spiro atoms. The number of hydrogen-bond acceptors (Lipinski definition) is 3. The Morgan fingerprint density at radius 2 is 1.80 bits per heavy atom. The van der Waals surface area contributed by atoms with Gasteiger partial charge in [0.15, 0.2) is 5.82 Å². The molecule has 0 aliphatic heterocycles. The zero-order valence-electron chi connectivity index (χ0n) is 9.98. The van der Waals surface area contributed by atoms with Crippen LogP contribution in [0.5, 0.6) is 11.5 Å². The standard InChI is InChI=1S/C13H8BrF2NO3/c14-7-8-9(15)3-2-6-12(8)20-13-10(16)4-1-5-11(13)17(18)19/h1-6H,7H2. The lowest BCUT2D eigenvalue weighted by molar-refractivity contribution is -0.385. The molecule has 0 fully saturated rings. The van der Waals surface area contributed by atoms with Crippen LogP contribution in [0, 0.1) is 21.7 Å². The molecule has 0 bridgehead atoms. The molecule has 7 heteroatoms. The molecule has 0 N–H and O–H groups in total. The molecule has 0 unspecified atom stereocenters. The van der Waals surface area contributed by atoms with Gasteiger partial charge in [-0.1, -0.05) is 28.1 Å². The second kappa shape index (κ2) is 5.96. The van der Waals surface area contributed by atoms with Crippen LogP contribution in [0.1, 0.15) is 5.56 Å². The maximum absolute atomic E-state index is 13.7. The number of alkyl halides is 1. The molecule has 2 aromatic carbocycles. The molecule has 0 amide bonds. The predicted octanol–water partition coefficient (Wildman–Crippen LogP) is 4.56. The first kappa shape index (κ1) is 14.4. The quantitative estimate of drug-likeness (QED) is 0.464. The van der Waals surface area contributed by atoms with Crippen LogP contribution in [0.3, 0.4) is 0 Å². The largest absolute Gasteiger partial charge is 0.447 e. The summed E-state index contributed by atoms with van der Waals surface area (Å²) in [5.41, 5.74) is -0.361. The number of nitro benzene ring substituents is 1. The number of hydrogen-bond donors (Lipinski definition) is 0. The van der Waals surface area contributed by atoms with Crippen molar-refractivity contribution in [1.82, 2.24) is 0 Å². The van der Waals surface area contributed by atoms with Gasteiger partial charge in [-0.3, -0.25) is 10.1 Å². The van der Waals surface area contributed by atoms with Crippen LogP contribution in [0.15, 0.2) is 36.4 Å². The van der Waals surface area contributed by atoms with Crippen molar-refractivity contribution in [1.29, 1.82) is 0 Å². The first-order valence-electron chi connectivity index (χ1n) is 5.48. The van der Waals surface area contributed by atoms with E-state index >= 15 is 0 Å². The fourth-order valence-corrected chi connectivity index (χ4v) is 2.16. The Kier molecular flexibility index (Phi) is 4.29. The third-order valence-corrected chi connectivity index (χ3v) is 3.13. The molecule has 0 atom stereocenters. The van der Waals surface area contributed by atoms with Crippen LogP contribution in [0.25, 0.3) is 0 Å². The molecule has 4 nitrogen and oxygen atoms in total. The summed E-state index contributed by atoms with van der Waals surface area (Å²) in [6.07, 6.45) is 0.